The highest BCUT2D eigenvalue weighted by molar-refractivity contribution is 6.88. The van der Waals surface area contributed by atoms with E-state index in [1.807, 2.05) is 12.1 Å². The van der Waals surface area contributed by atoms with Gasteiger partial charge in [-0.2, -0.15) is 5.06 Å². The van der Waals surface area contributed by atoms with Crippen LogP contribution in [0.1, 0.15) is 24.4 Å². The van der Waals surface area contributed by atoms with Gasteiger partial charge >= 0.3 is 6.03 Å². The summed E-state index contributed by atoms with van der Waals surface area (Å²) in [5.41, 5.74) is 0.928. The highest BCUT2D eigenvalue weighted by Crippen LogP contribution is 2.23. The zero-order valence-corrected chi connectivity index (χ0v) is 19.6. The summed E-state index contributed by atoms with van der Waals surface area (Å²) in [6.07, 6.45) is 1.90. The van der Waals surface area contributed by atoms with E-state index in [-0.39, 0.29) is 6.03 Å². The van der Waals surface area contributed by atoms with Crippen molar-refractivity contribution in [1.29, 1.82) is 0 Å². The number of carbonyl (C=O) groups is 2. The van der Waals surface area contributed by atoms with Crippen LogP contribution in [0, 0.1) is 0 Å². The fourth-order valence-electron chi connectivity index (χ4n) is 3.57. The Kier molecular flexibility index (Phi) is 7.02. The number of benzene rings is 2. The standard InChI is InChI=1S/C23H31N3O4Si/c1-30-19-11-7-17(8-12-19)21(24-23(28)25-15-5-6-16-25)22(27)26(29)18-9-13-20(14-10-18)31(2,3)4/h7-14,21,29H,5-6,15-16H2,1-4H3,(H,24,28)/t21-/m1/s1. The van der Waals surface area contributed by atoms with Crippen molar-refractivity contribution in [3.63, 3.8) is 0 Å². The molecule has 1 fully saturated rings. The second-order valence-electron chi connectivity index (χ2n) is 8.80. The summed E-state index contributed by atoms with van der Waals surface area (Å²) in [4.78, 5) is 27.7. The molecular formula is C23H31N3O4Si. The molecule has 1 atom stereocenters. The third kappa shape index (κ3) is 5.45. The molecule has 1 aliphatic rings. The van der Waals surface area contributed by atoms with Gasteiger partial charge in [0.05, 0.1) is 20.9 Å². The highest BCUT2D eigenvalue weighted by Gasteiger charge is 2.30. The Morgan fingerprint density at radius 2 is 1.61 bits per heavy atom. The SMILES string of the molecule is COc1ccc([C@@H](NC(=O)N2CCCC2)C(=O)N(O)c2ccc([Si](C)(C)C)cc2)cc1. The quantitative estimate of drug-likeness (QED) is 0.408. The number of rotatable bonds is 6. The van der Waals surface area contributed by atoms with Crippen molar-refractivity contribution < 1.29 is 19.5 Å². The minimum Gasteiger partial charge on any atom is -0.497 e. The van der Waals surface area contributed by atoms with Crippen LogP contribution in [0.2, 0.25) is 19.6 Å². The first kappa shape index (κ1) is 22.8. The van der Waals surface area contributed by atoms with E-state index in [1.54, 1.807) is 48.4 Å². The number of anilines is 1. The van der Waals surface area contributed by atoms with Gasteiger partial charge in [0.25, 0.3) is 5.91 Å². The maximum Gasteiger partial charge on any atom is 0.318 e. The highest BCUT2D eigenvalue weighted by atomic mass is 28.3. The van der Waals surface area contributed by atoms with Gasteiger partial charge in [-0.15, -0.1) is 0 Å². The van der Waals surface area contributed by atoms with Crippen molar-refractivity contribution in [2.75, 3.05) is 25.3 Å². The summed E-state index contributed by atoms with van der Waals surface area (Å²) >= 11 is 0. The van der Waals surface area contributed by atoms with E-state index in [9.17, 15) is 14.8 Å². The van der Waals surface area contributed by atoms with Crippen LogP contribution in [-0.2, 0) is 4.79 Å². The molecule has 0 aromatic heterocycles. The van der Waals surface area contributed by atoms with Gasteiger partial charge in [-0.3, -0.25) is 10.0 Å². The average molecular weight is 442 g/mol. The third-order valence-corrected chi connectivity index (χ3v) is 7.61. The topological polar surface area (TPSA) is 82.1 Å². The Balaban J connectivity index is 1.85. The molecule has 0 unspecified atom stereocenters. The molecule has 0 aliphatic carbocycles. The number of nitrogens with one attached hydrogen (secondary N) is 1. The normalized spacial score (nSPS) is 14.8. The molecule has 2 aromatic rings. The molecule has 0 saturated carbocycles. The second-order valence-corrected chi connectivity index (χ2v) is 13.9. The number of likely N-dealkylation sites (tertiary alicyclic amines) is 1. The van der Waals surface area contributed by atoms with E-state index in [2.05, 4.69) is 25.0 Å². The molecule has 1 heterocycles. The van der Waals surface area contributed by atoms with Gasteiger partial charge in [0.1, 0.15) is 11.8 Å². The lowest BCUT2D eigenvalue weighted by Gasteiger charge is -2.26. The predicted octanol–water partition coefficient (Wildman–Crippen LogP) is 3.51. The Bertz CT molecular complexity index is 904. The van der Waals surface area contributed by atoms with Gasteiger partial charge in [-0.05, 0) is 42.7 Å². The van der Waals surface area contributed by atoms with Gasteiger partial charge in [0, 0.05) is 13.1 Å². The van der Waals surface area contributed by atoms with Crippen LogP contribution in [-0.4, -0.2) is 50.3 Å². The molecule has 2 N–H and O–H groups in total. The number of hydrogen-bond acceptors (Lipinski definition) is 4. The number of hydroxylamine groups is 1. The second kappa shape index (κ2) is 9.53. The molecule has 3 amide bonds. The molecule has 0 radical (unpaired) electrons. The monoisotopic (exact) mass is 441 g/mol. The van der Waals surface area contributed by atoms with E-state index >= 15 is 0 Å². The molecule has 0 spiro atoms. The largest absolute Gasteiger partial charge is 0.497 e. The third-order valence-electron chi connectivity index (χ3n) is 5.54. The molecule has 31 heavy (non-hydrogen) atoms. The Morgan fingerprint density at radius 1 is 1.03 bits per heavy atom. The van der Waals surface area contributed by atoms with Crippen LogP contribution in [0.3, 0.4) is 0 Å². The summed E-state index contributed by atoms with van der Waals surface area (Å²) < 4.78 is 5.19. The first-order valence-electron chi connectivity index (χ1n) is 10.5. The Hall–Kier alpha value is -2.84. The summed E-state index contributed by atoms with van der Waals surface area (Å²) in [6.45, 7) is 8.03. The van der Waals surface area contributed by atoms with Gasteiger partial charge in [-0.1, -0.05) is 49.1 Å². The maximum atomic E-state index is 13.3. The average Bonchev–Trinajstić information content (AvgIpc) is 3.31. The lowest BCUT2D eigenvalue weighted by Crippen LogP contribution is -2.46. The van der Waals surface area contributed by atoms with Gasteiger partial charge in [0.15, 0.2) is 0 Å². The number of amides is 3. The van der Waals surface area contributed by atoms with E-state index in [4.69, 9.17) is 4.74 Å². The van der Waals surface area contributed by atoms with Crippen molar-refractivity contribution in [3.8, 4) is 5.75 Å². The van der Waals surface area contributed by atoms with Crippen LogP contribution in [0.5, 0.6) is 5.75 Å². The molecular weight excluding hydrogens is 410 g/mol. The van der Waals surface area contributed by atoms with Crippen molar-refractivity contribution in [2.45, 2.75) is 38.5 Å². The zero-order valence-electron chi connectivity index (χ0n) is 18.6. The van der Waals surface area contributed by atoms with E-state index in [1.165, 1.54) is 5.19 Å². The number of methoxy groups -OCH3 is 1. The fraction of sp³-hybridized carbons (Fsp3) is 0.391. The molecule has 1 aliphatic heterocycles. The lowest BCUT2D eigenvalue weighted by atomic mass is 10.1. The van der Waals surface area contributed by atoms with E-state index in [0.717, 1.165) is 12.8 Å². The number of urea groups is 1. The summed E-state index contributed by atoms with van der Waals surface area (Å²) in [6, 6.07) is 12.9. The van der Waals surface area contributed by atoms with E-state index in [0.29, 0.717) is 35.2 Å². The van der Waals surface area contributed by atoms with Crippen LogP contribution >= 0.6 is 0 Å². The first-order valence-corrected chi connectivity index (χ1v) is 14.0. The fourth-order valence-corrected chi connectivity index (χ4v) is 4.74. The van der Waals surface area contributed by atoms with Crippen molar-refractivity contribution in [1.82, 2.24) is 10.2 Å². The first-order chi connectivity index (χ1) is 14.7. The van der Waals surface area contributed by atoms with Gasteiger partial charge in [0.2, 0.25) is 0 Å². The molecule has 166 valence electrons. The zero-order chi connectivity index (χ0) is 22.6. The lowest BCUT2D eigenvalue weighted by molar-refractivity contribution is -0.125. The van der Waals surface area contributed by atoms with Crippen molar-refractivity contribution >= 4 is 30.9 Å². The predicted molar refractivity (Wildman–Crippen MR) is 124 cm³/mol. The van der Waals surface area contributed by atoms with Gasteiger partial charge in [-0.25, -0.2) is 4.79 Å². The molecule has 2 aromatic carbocycles. The van der Waals surface area contributed by atoms with Crippen molar-refractivity contribution in [2.24, 2.45) is 0 Å². The number of nitrogens with zero attached hydrogens (tertiary/aromatic N) is 2. The summed E-state index contributed by atoms with van der Waals surface area (Å²) in [5.74, 6) is 0.0158. The van der Waals surface area contributed by atoms with Crippen LogP contribution in [0.4, 0.5) is 10.5 Å². The molecule has 3 rings (SSSR count). The van der Waals surface area contributed by atoms with Crippen LogP contribution < -0.4 is 20.3 Å². The number of hydrogen-bond donors (Lipinski definition) is 2. The van der Waals surface area contributed by atoms with Gasteiger partial charge < -0.3 is 15.0 Å². The molecule has 7 nitrogen and oxygen atoms in total. The molecule has 8 heteroatoms. The minimum atomic E-state index is -1.50. The van der Waals surface area contributed by atoms with Crippen LogP contribution in [0.15, 0.2) is 48.5 Å². The van der Waals surface area contributed by atoms with Crippen LogP contribution in [0.25, 0.3) is 0 Å². The number of ether oxygens (including phenoxy) is 1. The summed E-state index contributed by atoms with van der Waals surface area (Å²) in [5, 5.41) is 15.3. The molecule has 0 bridgehead atoms. The van der Waals surface area contributed by atoms with E-state index < -0.39 is 20.0 Å². The minimum absolute atomic E-state index is 0.311. The Labute approximate surface area is 184 Å². The summed E-state index contributed by atoms with van der Waals surface area (Å²) in [7, 11) is 0.0636. The Morgan fingerprint density at radius 3 is 2.13 bits per heavy atom. The molecule has 1 saturated heterocycles. The number of carbonyl (C=O) groups excluding carboxylic acids is 2. The van der Waals surface area contributed by atoms with Crippen molar-refractivity contribution in [3.05, 3.63) is 54.1 Å². The maximum absolute atomic E-state index is 13.3. The smallest absolute Gasteiger partial charge is 0.318 e.